The van der Waals surface area contributed by atoms with Crippen molar-refractivity contribution in [3.8, 4) is 0 Å². The highest BCUT2D eigenvalue weighted by atomic mass is 16.2. The minimum Gasteiger partial charge on any atom is -0.309 e. The van der Waals surface area contributed by atoms with Crippen molar-refractivity contribution >= 4 is 22.5 Å². The van der Waals surface area contributed by atoms with E-state index in [0.29, 0.717) is 17.6 Å². The van der Waals surface area contributed by atoms with Crippen LogP contribution in [0.4, 0.5) is 5.82 Å². The molecule has 4 aromatic rings. The third-order valence-electron chi connectivity index (χ3n) is 4.51. The van der Waals surface area contributed by atoms with Crippen LogP contribution in [0.2, 0.25) is 0 Å². The Hall–Kier alpha value is -3.87. The summed E-state index contributed by atoms with van der Waals surface area (Å²) in [4.78, 5) is 33.6. The largest absolute Gasteiger partial charge is 0.309 e. The summed E-state index contributed by atoms with van der Waals surface area (Å²) in [5.74, 6) is 0.0867. The number of nitrogens with one attached hydrogen (secondary N) is 1. The molecule has 1 aromatic carbocycles. The van der Waals surface area contributed by atoms with Crippen LogP contribution in [0.1, 0.15) is 17.0 Å². The van der Waals surface area contributed by atoms with Gasteiger partial charge in [-0.05, 0) is 42.8 Å². The molecular weight excluding hydrogens is 366 g/mol. The zero-order valence-corrected chi connectivity index (χ0v) is 15.9. The number of fused-ring (bicyclic) bond motifs is 1. The molecular formula is C22H19N5O2. The van der Waals surface area contributed by atoms with Gasteiger partial charge in [-0.3, -0.25) is 14.6 Å². The van der Waals surface area contributed by atoms with Crippen molar-refractivity contribution in [2.75, 3.05) is 5.32 Å². The molecule has 0 aliphatic heterocycles. The molecule has 0 aliphatic rings. The van der Waals surface area contributed by atoms with E-state index in [1.807, 2.05) is 43.3 Å². The maximum atomic E-state index is 12.9. The summed E-state index contributed by atoms with van der Waals surface area (Å²) in [6.45, 7) is 1.65. The summed E-state index contributed by atoms with van der Waals surface area (Å²) >= 11 is 0. The number of nitrogens with zero attached hydrogens (tertiary/aromatic N) is 4. The number of benzene rings is 1. The molecule has 0 radical (unpaired) electrons. The van der Waals surface area contributed by atoms with E-state index in [1.54, 1.807) is 30.6 Å². The van der Waals surface area contributed by atoms with Crippen LogP contribution in [0.3, 0.4) is 0 Å². The molecule has 7 heteroatoms. The van der Waals surface area contributed by atoms with Crippen molar-refractivity contribution in [1.29, 1.82) is 0 Å². The Morgan fingerprint density at radius 2 is 1.76 bits per heavy atom. The van der Waals surface area contributed by atoms with Crippen molar-refractivity contribution < 1.29 is 4.79 Å². The summed E-state index contributed by atoms with van der Waals surface area (Å²) in [5, 5.41) is 8.53. The van der Waals surface area contributed by atoms with E-state index in [-0.39, 0.29) is 18.0 Å². The van der Waals surface area contributed by atoms with E-state index in [0.717, 1.165) is 22.3 Å². The monoisotopic (exact) mass is 385 g/mol. The molecule has 0 saturated carbocycles. The van der Waals surface area contributed by atoms with Crippen LogP contribution in [0.5, 0.6) is 0 Å². The minimum absolute atomic E-state index is 0.192. The Bertz CT molecular complexity index is 1230. The van der Waals surface area contributed by atoms with Crippen molar-refractivity contribution in [2.45, 2.75) is 19.9 Å². The van der Waals surface area contributed by atoms with Crippen LogP contribution in [0.15, 0.2) is 71.8 Å². The van der Waals surface area contributed by atoms with E-state index in [4.69, 9.17) is 0 Å². The summed E-state index contributed by atoms with van der Waals surface area (Å²) < 4.78 is 1.21. The molecule has 0 bridgehead atoms. The van der Waals surface area contributed by atoms with E-state index in [1.165, 1.54) is 4.68 Å². The number of hydrogen-bond donors (Lipinski definition) is 1. The number of amides is 1. The lowest BCUT2D eigenvalue weighted by molar-refractivity contribution is -0.117. The van der Waals surface area contributed by atoms with Crippen LogP contribution in [-0.2, 0) is 17.8 Å². The number of hydrogen-bond acceptors (Lipinski definition) is 5. The molecule has 0 aliphatic carbocycles. The maximum absolute atomic E-state index is 12.9. The number of aromatic nitrogens is 4. The third-order valence-corrected chi connectivity index (χ3v) is 4.51. The Labute approximate surface area is 167 Å². The van der Waals surface area contributed by atoms with Crippen LogP contribution < -0.4 is 10.9 Å². The van der Waals surface area contributed by atoms with Gasteiger partial charge in [0.05, 0.1) is 11.1 Å². The number of carbonyl (C=O) groups is 1. The molecule has 0 saturated heterocycles. The van der Waals surface area contributed by atoms with Crippen molar-refractivity contribution in [2.24, 2.45) is 0 Å². The smallest absolute Gasteiger partial charge is 0.275 e. The molecule has 3 aromatic heterocycles. The van der Waals surface area contributed by atoms with Gasteiger partial charge in [-0.15, -0.1) is 0 Å². The highest BCUT2D eigenvalue weighted by molar-refractivity contribution is 5.90. The number of anilines is 1. The van der Waals surface area contributed by atoms with Gasteiger partial charge in [0, 0.05) is 29.9 Å². The highest BCUT2D eigenvalue weighted by Gasteiger charge is 2.14. The Balaban J connectivity index is 1.67. The number of pyridine rings is 2. The highest BCUT2D eigenvalue weighted by Crippen LogP contribution is 2.16. The van der Waals surface area contributed by atoms with Gasteiger partial charge >= 0.3 is 0 Å². The quantitative estimate of drug-likeness (QED) is 0.571. The second-order valence-corrected chi connectivity index (χ2v) is 6.70. The van der Waals surface area contributed by atoms with Gasteiger partial charge in [-0.2, -0.15) is 5.10 Å². The van der Waals surface area contributed by atoms with Gasteiger partial charge in [0.2, 0.25) is 5.91 Å². The Morgan fingerprint density at radius 3 is 2.52 bits per heavy atom. The number of rotatable bonds is 5. The van der Waals surface area contributed by atoms with Crippen LogP contribution in [0.25, 0.3) is 10.8 Å². The first-order chi connectivity index (χ1) is 14.1. The van der Waals surface area contributed by atoms with Gasteiger partial charge in [0.1, 0.15) is 12.4 Å². The van der Waals surface area contributed by atoms with Crippen molar-refractivity contribution in [3.05, 3.63) is 94.3 Å². The summed E-state index contributed by atoms with van der Waals surface area (Å²) in [7, 11) is 0. The molecule has 1 amide bonds. The summed E-state index contributed by atoms with van der Waals surface area (Å²) in [6.07, 6.45) is 3.97. The predicted molar refractivity (Wildman–Crippen MR) is 111 cm³/mol. The SMILES string of the molecule is Cc1cccc(NC(=O)Cn2nc(Cc3ccncc3)c3ccccc3c2=O)n1. The van der Waals surface area contributed by atoms with Gasteiger partial charge in [-0.1, -0.05) is 24.3 Å². The minimum atomic E-state index is -0.358. The van der Waals surface area contributed by atoms with Crippen molar-refractivity contribution in [1.82, 2.24) is 19.7 Å². The first kappa shape index (κ1) is 18.5. The molecule has 0 spiro atoms. The van der Waals surface area contributed by atoms with Crippen molar-refractivity contribution in [3.63, 3.8) is 0 Å². The fraction of sp³-hybridized carbons (Fsp3) is 0.136. The Morgan fingerprint density at radius 1 is 1.00 bits per heavy atom. The van der Waals surface area contributed by atoms with E-state index >= 15 is 0 Å². The average molecular weight is 385 g/mol. The third kappa shape index (κ3) is 4.19. The zero-order valence-electron chi connectivity index (χ0n) is 15.9. The fourth-order valence-corrected chi connectivity index (χ4v) is 3.17. The lowest BCUT2D eigenvalue weighted by atomic mass is 10.1. The standard InChI is InChI=1S/C22H19N5O2/c1-15-5-4-8-20(24-15)25-21(28)14-27-22(29)18-7-3-2-6-17(18)19(26-27)13-16-9-11-23-12-10-16/h2-12H,13-14H2,1H3,(H,24,25,28). The lowest BCUT2D eigenvalue weighted by Crippen LogP contribution is -2.31. The molecule has 0 atom stereocenters. The lowest BCUT2D eigenvalue weighted by Gasteiger charge is -2.11. The topological polar surface area (TPSA) is 89.8 Å². The van der Waals surface area contributed by atoms with Gasteiger partial charge in [-0.25, -0.2) is 9.67 Å². The predicted octanol–water partition coefficient (Wildman–Crippen LogP) is 2.72. The second-order valence-electron chi connectivity index (χ2n) is 6.70. The van der Waals surface area contributed by atoms with Gasteiger partial charge < -0.3 is 5.32 Å². The van der Waals surface area contributed by atoms with E-state index < -0.39 is 0 Å². The average Bonchev–Trinajstić information content (AvgIpc) is 2.72. The maximum Gasteiger partial charge on any atom is 0.275 e. The molecule has 0 unspecified atom stereocenters. The molecule has 4 rings (SSSR count). The van der Waals surface area contributed by atoms with Gasteiger partial charge in [0.25, 0.3) is 5.56 Å². The molecule has 7 nitrogen and oxygen atoms in total. The molecule has 144 valence electrons. The van der Waals surface area contributed by atoms with Crippen LogP contribution >= 0.6 is 0 Å². The summed E-state index contributed by atoms with van der Waals surface area (Å²) in [5.41, 5.74) is 2.25. The van der Waals surface area contributed by atoms with E-state index in [9.17, 15) is 9.59 Å². The first-order valence-corrected chi connectivity index (χ1v) is 9.21. The first-order valence-electron chi connectivity index (χ1n) is 9.21. The zero-order chi connectivity index (χ0) is 20.2. The van der Waals surface area contributed by atoms with Crippen LogP contribution in [0, 0.1) is 6.92 Å². The van der Waals surface area contributed by atoms with E-state index in [2.05, 4.69) is 20.4 Å². The number of carbonyl (C=O) groups excluding carboxylic acids is 1. The molecule has 29 heavy (non-hydrogen) atoms. The normalized spacial score (nSPS) is 10.8. The van der Waals surface area contributed by atoms with Gasteiger partial charge in [0.15, 0.2) is 0 Å². The van der Waals surface area contributed by atoms with Crippen LogP contribution in [-0.4, -0.2) is 25.7 Å². The number of aryl methyl sites for hydroxylation is 1. The molecule has 0 fully saturated rings. The Kier molecular flexibility index (Phi) is 5.11. The summed E-state index contributed by atoms with van der Waals surface area (Å²) in [6, 6.07) is 16.5. The second kappa shape index (κ2) is 8.02. The fourth-order valence-electron chi connectivity index (χ4n) is 3.17. The molecule has 3 heterocycles. The molecule has 1 N–H and O–H groups in total.